The van der Waals surface area contributed by atoms with Gasteiger partial charge in [-0.2, -0.15) is 5.10 Å². The maximum atomic E-state index is 13.3. The molecule has 1 saturated heterocycles. The molecule has 0 bridgehead atoms. The van der Waals surface area contributed by atoms with E-state index in [-0.39, 0.29) is 63.0 Å². The summed E-state index contributed by atoms with van der Waals surface area (Å²) >= 11 is 0. The fraction of sp³-hybridized carbons (Fsp3) is 0.462. The Morgan fingerprint density at radius 3 is 2.28 bits per heavy atom. The van der Waals surface area contributed by atoms with E-state index in [9.17, 15) is 29.1 Å². The molecule has 2 atom stereocenters. The van der Waals surface area contributed by atoms with E-state index >= 15 is 0 Å². The van der Waals surface area contributed by atoms with Crippen LogP contribution in [0.3, 0.4) is 0 Å². The predicted molar refractivity (Wildman–Crippen MR) is 138 cm³/mol. The minimum absolute atomic E-state index is 0.0788. The van der Waals surface area contributed by atoms with E-state index in [1.165, 1.54) is 27.5 Å². The first-order valence-electron chi connectivity index (χ1n) is 12.7. The number of nitrogens with zero attached hydrogens (tertiary/aromatic N) is 4. The lowest BCUT2D eigenvalue weighted by Gasteiger charge is -2.35. The van der Waals surface area contributed by atoms with Gasteiger partial charge in [-0.25, -0.2) is 9.48 Å². The molecule has 0 spiro atoms. The van der Waals surface area contributed by atoms with Gasteiger partial charge in [0.05, 0.1) is 12.3 Å². The standard InChI is InChI=1S/C26H33N5O8/c1-4-38-26(37)30-14-12-29(13-15-30)25(36)20(10-11-23(33)34)27-24(35)21-16-22(39-18(3)17(2)32)31(28-21)19-8-6-5-7-9-19/h5-9,16,18,20H,4,10-15H2,1-3H3,(H,27,35)(H,33,34)/t18?,20-/m0/s1. The number of aromatic nitrogens is 2. The van der Waals surface area contributed by atoms with Crippen molar-refractivity contribution in [3.05, 3.63) is 42.1 Å². The molecule has 1 aromatic carbocycles. The zero-order valence-corrected chi connectivity index (χ0v) is 22.2. The summed E-state index contributed by atoms with van der Waals surface area (Å²) in [5.74, 6) is -2.35. The van der Waals surface area contributed by atoms with Crippen LogP contribution in [0.15, 0.2) is 36.4 Å². The van der Waals surface area contributed by atoms with Crippen LogP contribution in [-0.2, 0) is 19.1 Å². The Morgan fingerprint density at radius 1 is 1.05 bits per heavy atom. The van der Waals surface area contributed by atoms with Crippen molar-refractivity contribution in [2.24, 2.45) is 0 Å². The highest BCUT2D eigenvalue weighted by Gasteiger charge is 2.31. The van der Waals surface area contributed by atoms with Gasteiger partial charge in [0.1, 0.15) is 6.04 Å². The highest BCUT2D eigenvalue weighted by molar-refractivity contribution is 5.96. The number of hydrogen-bond donors (Lipinski definition) is 2. The maximum Gasteiger partial charge on any atom is 0.409 e. The summed E-state index contributed by atoms with van der Waals surface area (Å²) in [5.41, 5.74) is 0.505. The molecule has 2 N–H and O–H groups in total. The molecule has 1 aliphatic rings. The third-order valence-corrected chi connectivity index (χ3v) is 6.15. The number of carbonyl (C=O) groups is 5. The van der Waals surface area contributed by atoms with E-state index in [4.69, 9.17) is 9.47 Å². The van der Waals surface area contributed by atoms with Gasteiger partial charge in [-0.05, 0) is 39.3 Å². The first-order chi connectivity index (χ1) is 18.6. The lowest BCUT2D eigenvalue weighted by Crippen LogP contribution is -2.56. The summed E-state index contributed by atoms with van der Waals surface area (Å²) in [5, 5.41) is 16.1. The average molecular weight is 544 g/mol. The summed E-state index contributed by atoms with van der Waals surface area (Å²) in [7, 11) is 0. The normalized spacial score (nSPS) is 14.7. The van der Waals surface area contributed by atoms with Crippen LogP contribution in [0.1, 0.15) is 44.1 Å². The van der Waals surface area contributed by atoms with Gasteiger partial charge in [0.15, 0.2) is 17.6 Å². The zero-order valence-electron chi connectivity index (χ0n) is 22.2. The third kappa shape index (κ3) is 7.79. The number of benzene rings is 1. The molecule has 13 heteroatoms. The number of hydrogen-bond acceptors (Lipinski definition) is 8. The number of nitrogens with one attached hydrogen (secondary N) is 1. The summed E-state index contributed by atoms with van der Waals surface area (Å²) in [6.07, 6.45) is -1.74. The quantitative estimate of drug-likeness (QED) is 0.428. The lowest BCUT2D eigenvalue weighted by molar-refractivity contribution is -0.138. The molecule has 3 amide bonds. The van der Waals surface area contributed by atoms with Gasteiger partial charge in [0.2, 0.25) is 11.8 Å². The van der Waals surface area contributed by atoms with E-state index in [0.29, 0.717) is 5.69 Å². The van der Waals surface area contributed by atoms with Gasteiger partial charge in [-0.15, -0.1) is 0 Å². The summed E-state index contributed by atoms with van der Waals surface area (Å²) in [4.78, 5) is 64.5. The van der Waals surface area contributed by atoms with E-state index < -0.39 is 36.0 Å². The number of para-hydroxylation sites is 1. The molecule has 2 aromatic rings. The number of amides is 3. The topological polar surface area (TPSA) is 160 Å². The Balaban J connectivity index is 1.79. The second-order valence-electron chi connectivity index (χ2n) is 8.96. The molecule has 1 unspecified atom stereocenters. The number of ether oxygens (including phenoxy) is 2. The van der Waals surface area contributed by atoms with E-state index in [1.807, 2.05) is 6.07 Å². The second-order valence-corrected chi connectivity index (χ2v) is 8.96. The van der Waals surface area contributed by atoms with E-state index in [0.717, 1.165) is 0 Å². The van der Waals surface area contributed by atoms with Crippen molar-refractivity contribution in [3.63, 3.8) is 0 Å². The van der Waals surface area contributed by atoms with Crippen LogP contribution in [0.4, 0.5) is 4.79 Å². The highest BCUT2D eigenvalue weighted by Crippen LogP contribution is 2.21. The van der Waals surface area contributed by atoms with Crippen LogP contribution in [0.25, 0.3) is 5.69 Å². The number of carbonyl (C=O) groups excluding carboxylic acids is 4. The van der Waals surface area contributed by atoms with Crippen molar-refractivity contribution in [2.45, 2.75) is 45.8 Å². The smallest absolute Gasteiger partial charge is 0.409 e. The van der Waals surface area contributed by atoms with Crippen molar-refractivity contribution in [1.82, 2.24) is 24.9 Å². The molecular weight excluding hydrogens is 510 g/mol. The number of aliphatic carboxylic acids is 1. The summed E-state index contributed by atoms with van der Waals surface area (Å²) in [6, 6.07) is 9.08. The molecule has 3 rings (SSSR count). The molecule has 210 valence electrons. The predicted octanol–water partition coefficient (Wildman–Crippen LogP) is 1.49. The molecule has 1 aromatic heterocycles. The van der Waals surface area contributed by atoms with E-state index in [2.05, 4.69) is 10.4 Å². The number of piperazine rings is 1. The Morgan fingerprint density at radius 2 is 1.69 bits per heavy atom. The number of carboxylic acid groups (broad SMARTS) is 1. The van der Waals surface area contributed by atoms with Crippen molar-refractivity contribution in [3.8, 4) is 11.6 Å². The lowest BCUT2D eigenvalue weighted by atomic mass is 10.1. The summed E-state index contributed by atoms with van der Waals surface area (Å²) in [6.45, 7) is 5.82. The van der Waals surface area contributed by atoms with Gasteiger partial charge >= 0.3 is 12.1 Å². The van der Waals surface area contributed by atoms with Gasteiger partial charge in [-0.1, -0.05) is 18.2 Å². The minimum atomic E-state index is -1.13. The van der Waals surface area contributed by atoms with Crippen LogP contribution >= 0.6 is 0 Å². The zero-order chi connectivity index (χ0) is 28.5. The molecule has 1 aliphatic heterocycles. The molecule has 0 saturated carbocycles. The third-order valence-electron chi connectivity index (χ3n) is 6.15. The fourth-order valence-electron chi connectivity index (χ4n) is 3.88. The van der Waals surface area contributed by atoms with Crippen LogP contribution in [0.5, 0.6) is 5.88 Å². The molecule has 13 nitrogen and oxygen atoms in total. The van der Waals surface area contributed by atoms with Gasteiger partial charge in [0, 0.05) is 38.7 Å². The number of carboxylic acids is 1. The molecule has 0 radical (unpaired) electrons. The Labute approximate surface area is 225 Å². The van der Waals surface area contributed by atoms with Crippen LogP contribution in [0, 0.1) is 0 Å². The van der Waals surface area contributed by atoms with Crippen LogP contribution in [0.2, 0.25) is 0 Å². The number of ketones is 1. The fourth-order valence-corrected chi connectivity index (χ4v) is 3.88. The first-order valence-corrected chi connectivity index (χ1v) is 12.7. The van der Waals surface area contributed by atoms with Crippen molar-refractivity contribution in [1.29, 1.82) is 0 Å². The average Bonchev–Trinajstić information content (AvgIpc) is 3.35. The molecule has 39 heavy (non-hydrogen) atoms. The van der Waals surface area contributed by atoms with Gasteiger partial charge in [0.25, 0.3) is 5.91 Å². The maximum absolute atomic E-state index is 13.3. The second kappa shape index (κ2) is 13.4. The van der Waals surface area contributed by atoms with Crippen LogP contribution in [-0.4, -0.2) is 99.3 Å². The van der Waals surface area contributed by atoms with Crippen molar-refractivity contribution >= 4 is 29.7 Å². The largest absolute Gasteiger partial charge is 0.481 e. The Bertz CT molecular complexity index is 1190. The Kier molecular flexibility index (Phi) is 10.0. The highest BCUT2D eigenvalue weighted by atomic mass is 16.6. The monoisotopic (exact) mass is 543 g/mol. The first kappa shape index (κ1) is 29.1. The summed E-state index contributed by atoms with van der Waals surface area (Å²) < 4.78 is 12.1. The Hall–Kier alpha value is -4.42. The van der Waals surface area contributed by atoms with Gasteiger partial charge < -0.3 is 29.7 Å². The van der Waals surface area contributed by atoms with E-state index in [1.54, 1.807) is 38.1 Å². The minimum Gasteiger partial charge on any atom is -0.481 e. The number of Topliss-reactive ketones (excluding diaryl/α,β-unsaturated/α-hetero) is 1. The molecule has 2 heterocycles. The van der Waals surface area contributed by atoms with Crippen molar-refractivity contribution in [2.75, 3.05) is 32.8 Å². The number of rotatable bonds is 11. The molecule has 0 aliphatic carbocycles. The van der Waals surface area contributed by atoms with Crippen molar-refractivity contribution < 1.29 is 38.6 Å². The molecule has 1 fully saturated rings. The van der Waals surface area contributed by atoms with Crippen LogP contribution < -0.4 is 10.1 Å². The molecular formula is C26H33N5O8. The van der Waals surface area contributed by atoms with Gasteiger partial charge in [-0.3, -0.25) is 19.2 Å². The SMILES string of the molecule is CCOC(=O)N1CCN(C(=O)[C@H](CCC(=O)O)NC(=O)c2cc(OC(C)C(C)=O)n(-c3ccccc3)n2)CC1.